The van der Waals surface area contributed by atoms with E-state index in [-0.39, 0.29) is 12.5 Å². The second kappa shape index (κ2) is 7.70. The molecule has 0 unspecified atom stereocenters. The van der Waals surface area contributed by atoms with E-state index >= 15 is 0 Å². The third-order valence-electron chi connectivity index (χ3n) is 3.49. The molecule has 0 aromatic heterocycles. The maximum absolute atomic E-state index is 12.2. The minimum Gasteiger partial charge on any atom is -0.326 e. The first-order valence-corrected chi connectivity index (χ1v) is 8.86. The van der Waals surface area contributed by atoms with Gasteiger partial charge in [-0.05, 0) is 43.0 Å². The highest BCUT2D eigenvalue weighted by atomic mass is 35.5. The highest BCUT2D eigenvalue weighted by Gasteiger charge is 2.38. The van der Waals surface area contributed by atoms with Crippen LogP contribution in [0.3, 0.4) is 0 Å². The molecule has 0 spiro atoms. The molecule has 23 heavy (non-hydrogen) atoms. The van der Waals surface area contributed by atoms with Crippen LogP contribution in [-0.4, -0.2) is 47.3 Å². The maximum Gasteiger partial charge on any atom is 0.325 e. The molecule has 8 heteroatoms. The summed E-state index contributed by atoms with van der Waals surface area (Å²) in [6.45, 7) is 1.52. The first-order valence-electron chi connectivity index (χ1n) is 7.09. The van der Waals surface area contributed by atoms with Crippen molar-refractivity contribution >= 4 is 46.9 Å². The van der Waals surface area contributed by atoms with Crippen LogP contribution in [0.4, 0.5) is 10.5 Å². The van der Waals surface area contributed by atoms with Gasteiger partial charge in [0.25, 0.3) is 5.91 Å². The standard InChI is InChI=1S/C15H18ClN3O3S/c1-9-3-4-10(16)7-12(9)17-13(20)8-19-14(21)11(5-6-23-2)18-15(19)22/h3-4,7,11H,5-6,8H2,1-2H3,(H,17,20)(H,18,22)/t11-/m0/s1. The lowest BCUT2D eigenvalue weighted by atomic mass is 10.2. The molecule has 1 fully saturated rings. The summed E-state index contributed by atoms with van der Waals surface area (Å²) in [7, 11) is 0. The van der Waals surface area contributed by atoms with E-state index in [1.54, 1.807) is 30.0 Å². The number of anilines is 1. The van der Waals surface area contributed by atoms with E-state index < -0.39 is 18.0 Å². The molecule has 1 aliphatic rings. The predicted octanol–water partition coefficient (Wildman–Crippen LogP) is 2.26. The Morgan fingerprint density at radius 2 is 2.17 bits per heavy atom. The molecule has 1 atom stereocenters. The number of hydrogen-bond donors (Lipinski definition) is 2. The van der Waals surface area contributed by atoms with Crippen molar-refractivity contribution < 1.29 is 14.4 Å². The van der Waals surface area contributed by atoms with Gasteiger partial charge in [-0.3, -0.25) is 14.5 Å². The molecule has 2 rings (SSSR count). The lowest BCUT2D eigenvalue weighted by molar-refractivity contribution is -0.130. The Labute approximate surface area is 143 Å². The molecule has 124 valence electrons. The fourth-order valence-corrected chi connectivity index (χ4v) is 2.86. The lowest BCUT2D eigenvalue weighted by Gasteiger charge is -2.14. The van der Waals surface area contributed by atoms with Crippen molar-refractivity contribution in [2.24, 2.45) is 0 Å². The molecule has 1 aliphatic heterocycles. The Balaban J connectivity index is 1.98. The summed E-state index contributed by atoms with van der Waals surface area (Å²) in [6.07, 6.45) is 2.48. The summed E-state index contributed by atoms with van der Waals surface area (Å²) in [5.74, 6) is -0.0373. The zero-order valence-electron chi connectivity index (χ0n) is 12.9. The van der Waals surface area contributed by atoms with Gasteiger partial charge in [-0.1, -0.05) is 17.7 Å². The normalized spacial score (nSPS) is 17.3. The smallest absolute Gasteiger partial charge is 0.325 e. The Morgan fingerprint density at radius 3 is 2.87 bits per heavy atom. The molecule has 0 aliphatic carbocycles. The summed E-state index contributed by atoms with van der Waals surface area (Å²) in [4.78, 5) is 37.1. The Morgan fingerprint density at radius 1 is 1.43 bits per heavy atom. The number of halogens is 1. The van der Waals surface area contributed by atoms with Crippen molar-refractivity contribution in [2.45, 2.75) is 19.4 Å². The maximum atomic E-state index is 12.2. The molecule has 6 nitrogen and oxygen atoms in total. The summed E-state index contributed by atoms with van der Waals surface area (Å²) in [5.41, 5.74) is 1.41. The Bertz CT molecular complexity index is 638. The molecule has 4 amide bonds. The summed E-state index contributed by atoms with van der Waals surface area (Å²) in [6, 6.07) is 4.06. The summed E-state index contributed by atoms with van der Waals surface area (Å²) >= 11 is 7.50. The fourth-order valence-electron chi connectivity index (χ4n) is 2.22. The molecule has 2 N–H and O–H groups in total. The molecule has 1 aromatic rings. The van der Waals surface area contributed by atoms with Gasteiger partial charge in [-0.25, -0.2) is 4.79 Å². The first-order chi connectivity index (χ1) is 10.9. The number of nitrogens with one attached hydrogen (secondary N) is 2. The van der Waals surface area contributed by atoms with Gasteiger partial charge in [0.1, 0.15) is 12.6 Å². The van der Waals surface area contributed by atoms with Crippen molar-refractivity contribution in [1.82, 2.24) is 10.2 Å². The molecule has 1 saturated heterocycles. The summed E-state index contributed by atoms with van der Waals surface area (Å²) < 4.78 is 0. The Hall–Kier alpha value is -1.73. The number of aryl methyl sites for hydroxylation is 1. The van der Waals surface area contributed by atoms with Gasteiger partial charge in [0.05, 0.1) is 0 Å². The third kappa shape index (κ3) is 4.39. The van der Waals surface area contributed by atoms with Crippen molar-refractivity contribution in [2.75, 3.05) is 23.9 Å². The number of benzene rings is 1. The quantitative estimate of drug-likeness (QED) is 0.767. The lowest BCUT2D eigenvalue weighted by Crippen LogP contribution is -2.38. The predicted molar refractivity (Wildman–Crippen MR) is 91.9 cm³/mol. The minimum atomic E-state index is -0.546. The van der Waals surface area contributed by atoms with Gasteiger partial charge >= 0.3 is 6.03 Å². The number of urea groups is 1. The van der Waals surface area contributed by atoms with Crippen molar-refractivity contribution in [1.29, 1.82) is 0 Å². The van der Waals surface area contributed by atoms with E-state index in [4.69, 9.17) is 11.6 Å². The number of imide groups is 1. The van der Waals surface area contributed by atoms with Crippen LogP contribution in [0.25, 0.3) is 0 Å². The van der Waals surface area contributed by atoms with E-state index in [2.05, 4.69) is 10.6 Å². The van der Waals surface area contributed by atoms with Crippen LogP contribution in [0, 0.1) is 6.92 Å². The van der Waals surface area contributed by atoms with E-state index in [1.807, 2.05) is 13.2 Å². The largest absolute Gasteiger partial charge is 0.326 e. The van der Waals surface area contributed by atoms with Gasteiger partial charge in [-0.2, -0.15) is 11.8 Å². The Kier molecular flexibility index (Phi) is 5.90. The molecular weight excluding hydrogens is 338 g/mol. The number of carbonyl (C=O) groups is 3. The van der Waals surface area contributed by atoms with Crippen LogP contribution in [0.5, 0.6) is 0 Å². The molecule has 0 radical (unpaired) electrons. The van der Waals surface area contributed by atoms with Crippen LogP contribution in [-0.2, 0) is 9.59 Å². The zero-order chi connectivity index (χ0) is 17.0. The monoisotopic (exact) mass is 355 g/mol. The average molecular weight is 356 g/mol. The molecule has 1 aromatic carbocycles. The van der Waals surface area contributed by atoms with E-state index in [0.717, 1.165) is 16.2 Å². The number of rotatable bonds is 6. The van der Waals surface area contributed by atoms with E-state index in [9.17, 15) is 14.4 Å². The van der Waals surface area contributed by atoms with Crippen LogP contribution in [0.15, 0.2) is 18.2 Å². The van der Waals surface area contributed by atoms with Gasteiger partial charge in [0.2, 0.25) is 5.91 Å². The fraction of sp³-hybridized carbons (Fsp3) is 0.400. The van der Waals surface area contributed by atoms with Crippen molar-refractivity contribution in [3.63, 3.8) is 0 Å². The van der Waals surface area contributed by atoms with Crippen LogP contribution in [0.1, 0.15) is 12.0 Å². The molecular formula is C15H18ClN3O3S. The average Bonchev–Trinajstić information content (AvgIpc) is 2.76. The highest BCUT2D eigenvalue weighted by molar-refractivity contribution is 7.98. The van der Waals surface area contributed by atoms with Crippen LogP contribution < -0.4 is 10.6 Å². The zero-order valence-corrected chi connectivity index (χ0v) is 14.5. The molecule has 0 saturated carbocycles. The number of nitrogens with zero attached hydrogens (tertiary/aromatic N) is 1. The highest BCUT2D eigenvalue weighted by Crippen LogP contribution is 2.20. The first kappa shape index (κ1) is 17.6. The van der Waals surface area contributed by atoms with E-state index in [1.165, 1.54) is 0 Å². The number of thioether (sulfide) groups is 1. The number of hydrogen-bond acceptors (Lipinski definition) is 4. The van der Waals surface area contributed by atoms with E-state index in [0.29, 0.717) is 17.1 Å². The van der Waals surface area contributed by atoms with Gasteiger partial charge in [-0.15, -0.1) is 0 Å². The molecule has 0 bridgehead atoms. The van der Waals surface area contributed by atoms with Gasteiger partial charge in [0.15, 0.2) is 0 Å². The topological polar surface area (TPSA) is 78.5 Å². The number of amides is 4. The van der Waals surface area contributed by atoms with Gasteiger partial charge < -0.3 is 10.6 Å². The van der Waals surface area contributed by atoms with Crippen molar-refractivity contribution in [3.05, 3.63) is 28.8 Å². The van der Waals surface area contributed by atoms with Crippen LogP contribution in [0.2, 0.25) is 5.02 Å². The minimum absolute atomic E-state index is 0.313. The van der Waals surface area contributed by atoms with Crippen LogP contribution >= 0.6 is 23.4 Å². The second-order valence-corrected chi connectivity index (χ2v) is 6.64. The SMILES string of the molecule is CSCC[C@@H]1NC(=O)N(CC(=O)Nc2cc(Cl)ccc2C)C1=O. The number of carbonyl (C=O) groups excluding carboxylic acids is 3. The molecule has 1 heterocycles. The second-order valence-electron chi connectivity index (χ2n) is 5.22. The van der Waals surface area contributed by atoms with Gasteiger partial charge in [0, 0.05) is 10.7 Å². The summed E-state index contributed by atoms with van der Waals surface area (Å²) in [5, 5.41) is 5.78. The van der Waals surface area contributed by atoms with Crippen molar-refractivity contribution in [3.8, 4) is 0 Å². The third-order valence-corrected chi connectivity index (χ3v) is 4.37.